The molecular formula is C17H24N4O. The van der Waals surface area contributed by atoms with Gasteiger partial charge in [0.05, 0.1) is 0 Å². The molecule has 1 fully saturated rings. The SMILES string of the molecule is CC(C)c1ccccc1CN1CCC(c2n[nH]c(=O)[nH]2)CC1. The van der Waals surface area contributed by atoms with Crippen molar-refractivity contribution in [2.45, 2.75) is 45.1 Å². The van der Waals surface area contributed by atoms with E-state index in [1.54, 1.807) is 0 Å². The molecule has 0 spiro atoms. The number of aromatic amines is 2. The van der Waals surface area contributed by atoms with E-state index in [9.17, 15) is 4.79 Å². The second-order valence-electron chi connectivity index (χ2n) is 6.47. The van der Waals surface area contributed by atoms with Crippen LogP contribution in [0.3, 0.4) is 0 Å². The first-order valence-electron chi connectivity index (χ1n) is 8.08. The number of nitrogens with zero attached hydrogens (tertiary/aromatic N) is 2. The molecule has 5 nitrogen and oxygen atoms in total. The predicted molar refractivity (Wildman–Crippen MR) is 87.0 cm³/mol. The number of hydrogen-bond acceptors (Lipinski definition) is 3. The quantitative estimate of drug-likeness (QED) is 0.912. The van der Waals surface area contributed by atoms with Crippen LogP contribution in [0.5, 0.6) is 0 Å². The number of likely N-dealkylation sites (tertiary alicyclic amines) is 1. The number of aromatic nitrogens is 3. The molecule has 118 valence electrons. The van der Waals surface area contributed by atoms with Crippen LogP contribution >= 0.6 is 0 Å². The van der Waals surface area contributed by atoms with Crippen molar-refractivity contribution < 1.29 is 0 Å². The molecule has 0 atom stereocenters. The van der Waals surface area contributed by atoms with E-state index >= 15 is 0 Å². The van der Waals surface area contributed by atoms with E-state index < -0.39 is 0 Å². The Kier molecular flexibility index (Phi) is 4.43. The maximum atomic E-state index is 11.2. The van der Waals surface area contributed by atoms with Gasteiger partial charge in [0, 0.05) is 12.5 Å². The highest BCUT2D eigenvalue weighted by atomic mass is 16.1. The van der Waals surface area contributed by atoms with Crippen molar-refractivity contribution >= 4 is 0 Å². The third-order valence-electron chi connectivity index (χ3n) is 4.56. The van der Waals surface area contributed by atoms with Gasteiger partial charge in [0.15, 0.2) is 0 Å². The standard InChI is InChI=1S/C17H24N4O/c1-12(2)15-6-4-3-5-14(15)11-21-9-7-13(8-10-21)16-18-17(22)20-19-16/h3-6,12-13H,7-11H2,1-2H3,(H2,18,19,20,22). The largest absolute Gasteiger partial charge is 0.340 e. The molecule has 1 aromatic heterocycles. The molecule has 1 aromatic carbocycles. The summed E-state index contributed by atoms with van der Waals surface area (Å²) in [5.74, 6) is 1.74. The topological polar surface area (TPSA) is 64.8 Å². The molecule has 1 saturated heterocycles. The van der Waals surface area contributed by atoms with Crippen molar-refractivity contribution in [3.05, 3.63) is 51.7 Å². The van der Waals surface area contributed by atoms with Crippen LogP contribution in [0.4, 0.5) is 0 Å². The molecule has 5 heteroatoms. The molecule has 2 heterocycles. The lowest BCUT2D eigenvalue weighted by atomic mass is 9.94. The molecule has 0 amide bonds. The highest BCUT2D eigenvalue weighted by Gasteiger charge is 2.23. The number of rotatable bonds is 4. The molecule has 1 aliphatic rings. The van der Waals surface area contributed by atoms with Crippen molar-refractivity contribution in [1.29, 1.82) is 0 Å². The summed E-state index contributed by atoms with van der Waals surface area (Å²) in [5, 5.41) is 6.54. The van der Waals surface area contributed by atoms with Gasteiger partial charge in [0.2, 0.25) is 0 Å². The lowest BCUT2D eigenvalue weighted by Gasteiger charge is -2.31. The molecule has 0 unspecified atom stereocenters. The molecule has 2 N–H and O–H groups in total. The highest BCUT2D eigenvalue weighted by Crippen LogP contribution is 2.27. The third-order valence-corrected chi connectivity index (χ3v) is 4.56. The fourth-order valence-corrected chi connectivity index (χ4v) is 3.32. The third kappa shape index (κ3) is 3.30. The van der Waals surface area contributed by atoms with Gasteiger partial charge in [0.1, 0.15) is 5.82 Å². The Hall–Kier alpha value is -1.88. The summed E-state index contributed by atoms with van der Waals surface area (Å²) in [6.07, 6.45) is 2.09. The van der Waals surface area contributed by atoms with Gasteiger partial charge in [-0.2, -0.15) is 5.10 Å². The Balaban J connectivity index is 1.62. The van der Waals surface area contributed by atoms with Crippen molar-refractivity contribution in [3.63, 3.8) is 0 Å². The van der Waals surface area contributed by atoms with E-state index in [2.05, 4.69) is 58.2 Å². The molecule has 1 aliphatic heterocycles. The average Bonchev–Trinajstić information content (AvgIpc) is 2.95. The summed E-state index contributed by atoms with van der Waals surface area (Å²) in [6.45, 7) is 7.61. The first kappa shape index (κ1) is 15.0. The van der Waals surface area contributed by atoms with E-state index in [0.717, 1.165) is 38.3 Å². The minimum Gasteiger partial charge on any atom is -0.299 e. The second-order valence-corrected chi connectivity index (χ2v) is 6.47. The van der Waals surface area contributed by atoms with Crippen LogP contribution in [0.25, 0.3) is 0 Å². The number of nitrogens with one attached hydrogen (secondary N) is 2. The maximum absolute atomic E-state index is 11.2. The van der Waals surface area contributed by atoms with Crippen LogP contribution in [0.1, 0.15) is 55.5 Å². The summed E-state index contributed by atoms with van der Waals surface area (Å²) in [7, 11) is 0. The number of hydrogen-bond donors (Lipinski definition) is 2. The molecule has 0 bridgehead atoms. The summed E-state index contributed by atoms with van der Waals surface area (Å²) in [6, 6.07) is 8.73. The lowest BCUT2D eigenvalue weighted by Crippen LogP contribution is -2.33. The van der Waals surface area contributed by atoms with E-state index in [1.807, 2.05) is 0 Å². The first-order valence-corrected chi connectivity index (χ1v) is 8.08. The zero-order valence-corrected chi connectivity index (χ0v) is 13.3. The minimum atomic E-state index is -0.205. The van der Waals surface area contributed by atoms with Gasteiger partial charge in [0.25, 0.3) is 0 Å². The normalized spacial score (nSPS) is 17.2. The number of piperidine rings is 1. The second kappa shape index (κ2) is 6.48. The van der Waals surface area contributed by atoms with Gasteiger partial charge < -0.3 is 0 Å². The van der Waals surface area contributed by atoms with Crippen LogP contribution in [-0.4, -0.2) is 33.2 Å². The monoisotopic (exact) mass is 300 g/mol. The number of benzene rings is 1. The molecule has 2 aromatic rings. The smallest absolute Gasteiger partial charge is 0.299 e. The van der Waals surface area contributed by atoms with Crippen LogP contribution in [0, 0.1) is 0 Å². The van der Waals surface area contributed by atoms with Crippen molar-refractivity contribution in [2.75, 3.05) is 13.1 Å². The molecule has 0 radical (unpaired) electrons. The Morgan fingerprint density at radius 3 is 2.64 bits per heavy atom. The summed E-state index contributed by atoms with van der Waals surface area (Å²) in [5.41, 5.74) is 2.67. The number of H-pyrrole nitrogens is 2. The van der Waals surface area contributed by atoms with Crippen molar-refractivity contribution in [3.8, 4) is 0 Å². The predicted octanol–water partition coefficient (Wildman–Crippen LogP) is 2.60. The van der Waals surface area contributed by atoms with E-state index in [1.165, 1.54) is 11.1 Å². The fraction of sp³-hybridized carbons (Fsp3) is 0.529. The van der Waals surface area contributed by atoms with Gasteiger partial charge in [-0.1, -0.05) is 38.1 Å². The van der Waals surface area contributed by atoms with Crippen LogP contribution in [0.15, 0.2) is 29.1 Å². The highest BCUT2D eigenvalue weighted by molar-refractivity contribution is 5.29. The Labute approximate surface area is 130 Å². The van der Waals surface area contributed by atoms with Crippen LogP contribution in [0.2, 0.25) is 0 Å². The van der Waals surface area contributed by atoms with E-state index in [4.69, 9.17) is 0 Å². The molecule has 0 saturated carbocycles. The lowest BCUT2D eigenvalue weighted by molar-refractivity contribution is 0.201. The zero-order chi connectivity index (χ0) is 15.5. The fourth-order valence-electron chi connectivity index (χ4n) is 3.32. The van der Waals surface area contributed by atoms with Gasteiger partial charge in [-0.25, -0.2) is 9.89 Å². The van der Waals surface area contributed by atoms with Crippen LogP contribution < -0.4 is 5.69 Å². The Morgan fingerprint density at radius 2 is 2.00 bits per heavy atom. The summed E-state index contributed by atoms with van der Waals surface area (Å²) in [4.78, 5) is 16.5. The molecule has 0 aliphatic carbocycles. The molecule has 3 rings (SSSR count). The van der Waals surface area contributed by atoms with E-state index in [-0.39, 0.29) is 5.69 Å². The van der Waals surface area contributed by atoms with Gasteiger partial charge in [-0.15, -0.1) is 0 Å². The van der Waals surface area contributed by atoms with Gasteiger partial charge >= 0.3 is 5.69 Å². The average molecular weight is 300 g/mol. The van der Waals surface area contributed by atoms with Crippen molar-refractivity contribution in [2.24, 2.45) is 0 Å². The molecular weight excluding hydrogens is 276 g/mol. The zero-order valence-electron chi connectivity index (χ0n) is 13.3. The van der Waals surface area contributed by atoms with Crippen molar-refractivity contribution in [1.82, 2.24) is 20.1 Å². The summed E-state index contributed by atoms with van der Waals surface area (Å²) >= 11 is 0. The Bertz CT molecular complexity index is 665. The van der Waals surface area contributed by atoms with Crippen LogP contribution in [-0.2, 0) is 6.54 Å². The Morgan fingerprint density at radius 1 is 1.27 bits per heavy atom. The van der Waals surface area contributed by atoms with Gasteiger partial charge in [-0.05, 0) is 43.0 Å². The summed E-state index contributed by atoms with van der Waals surface area (Å²) < 4.78 is 0. The van der Waals surface area contributed by atoms with Gasteiger partial charge in [-0.3, -0.25) is 9.88 Å². The molecule has 22 heavy (non-hydrogen) atoms. The minimum absolute atomic E-state index is 0.205. The first-order chi connectivity index (χ1) is 10.6. The maximum Gasteiger partial charge on any atom is 0.340 e. The van der Waals surface area contributed by atoms with E-state index in [0.29, 0.717) is 11.8 Å².